The second kappa shape index (κ2) is 9.58. The highest BCUT2D eigenvalue weighted by Gasteiger charge is 2.12. The highest BCUT2D eigenvalue weighted by Crippen LogP contribution is 2.16. The van der Waals surface area contributed by atoms with E-state index in [2.05, 4.69) is 15.7 Å². The van der Waals surface area contributed by atoms with E-state index in [4.69, 9.17) is 0 Å². The van der Waals surface area contributed by atoms with Gasteiger partial charge in [0.15, 0.2) is 0 Å². The van der Waals surface area contributed by atoms with Gasteiger partial charge in [-0.25, -0.2) is 4.68 Å². The first-order valence-corrected chi connectivity index (χ1v) is 7.73. The molecule has 7 heteroatoms. The van der Waals surface area contributed by atoms with Crippen molar-refractivity contribution in [2.75, 3.05) is 13.1 Å². The molecule has 1 heterocycles. The van der Waals surface area contributed by atoms with E-state index in [1.165, 1.54) is 62.4 Å². The van der Waals surface area contributed by atoms with Crippen LogP contribution in [0.3, 0.4) is 0 Å². The molecule has 6 nitrogen and oxygen atoms in total. The van der Waals surface area contributed by atoms with Gasteiger partial charge in [-0.05, 0) is 18.9 Å². The number of hydrogen-bond acceptors (Lipinski definition) is 4. The van der Waals surface area contributed by atoms with Gasteiger partial charge < -0.3 is 10.6 Å². The number of halogens is 1. The normalized spacial score (nSPS) is 15.7. The summed E-state index contributed by atoms with van der Waals surface area (Å²) in [5.41, 5.74) is 0.0492. The first kappa shape index (κ1) is 18.6. The smallest absolute Gasteiger partial charge is 0.271 e. The third kappa shape index (κ3) is 5.77. The minimum absolute atomic E-state index is 0. The van der Waals surface area contributed by atoms with Crippen molar-refractivity contribution in [3.05, 3.63) is 28.2 Å². The van der Waals surface area contributed by atoms with Crippen molar-refractivity contribution in [2.24, 2.45) is 7.05 Å². The van der Waals surface area contributed by atoms with Crippen molar-refractivity contribution in [3.8, 4) is 0 Å². The highest BCUT2D eigenvalue weighted by atomic mass is 35.5. The number of nitrogens with one attached hydrogen (secondary N) is 2. The molecule has 0 aromatic carbocycles. The van der Waals surface area contributed by atoms with Gasteiger partial charge in [0.2, 0.25) is 0 Å². The molecule has 0 unspecified atom stereocenters. The molecule has 0 aliphatic heterocycles. The summed E-state index contributed by atoms with van der Waals surface area (Å²) in [5, 5.41) is 10.2. The highest BCUT2D eigenvalue weighted by molar-refractivity contribution is 5.91. The summed E-state index contributed by atoms with van der Waals surface area (Å²) in [6.45, 7) is 1.34. The van der Waals surface area contributed by atoms with Crippen molar-refractivity contribution in [1.29, 1.82) is 0 Å². The van der Waals surface area contributed by atoms with Gasteiger partial charge >= 0.3 is 0 Å². The van der Waals surface area contributed by atoms with E-state index in [0.717, 1.165) is 6.54 Å². The number of aryl methyl sites for hydroxylation is 1. The Morgan fingerprint density at radius 1 is 1.23 bits per heavy atom. The number of carbonyl (C=O) groups is 1. The van der Waals surface area contributed by atoms with Gasteiger partial charge in [0, 0.05) is 32.2 Å². The van der Waals surface area contributed by atoms with E-state index in [-0.39, 0.29) is 29.6 Å². The maximum Gasteiger partial charge on any atom is 0.271 e. The SMILES string of the molecule is Cl.Cn1nc(C(=O)NCCNC2CCCCCC2)ccc1=O. The maximum absolute atomic E-state index is 11.9. The molecule has 22 heavy (non-hydrogen) atoms. The Hall–Kier alpha value is -1.40. The summed E-state index contributed by atoms with van der Waals surface area (Å²) in [7, 11) is 1.53. The van der Waals surface area contributed by atoms with Gasteiger partial charge in [0.05, 0.1) is 0 Å². The number of carbonyl (C=O) groups excluding carboxylic acids is 1. The molecule has 1 saturated carbocycles. The molecule has 2 rings (SSSR count). The summed E-state index contributed by atoms with van der Waals surface area (Å²) in [4.78, 5) is 23.1. The van der Waals surface area contributed by atoms with Crippen LogP contribution in [0.15, 0.2) is 16.9 Å². The Labute approximate surface area is 137 Å². The predicted molar refractivity (Wildman–Crippen MR) is 88.6 cm³/mol. The lowest BCUT2D eigenvalue weighted by Crippen LogP contribution is -2.37. The monoisotopic (exact) mass is 328 g/mol. The van der Waals surface area contributed by atoms with Crippen LogP contribution in [0.5, 0.6) is 0 Å². The summed E-state index contributed by atoms with van der Waals surface area (Å²) in [6.07, 6.45) is 7.74. The molecule has 0 saturated heterocycles. The zero-order valence-electron chi connectivity index (χ0n) is 13.0. The summed E-state index contributed by atoms with van der Waals surface area (Å²) < 4.78 is 1.17. The number of amides is 1. The minimum Gasteiger partial charge on any atom is -0.349 e. The molecule has 0 atom stereocenters. The van der Waals surface area contributed by atoms with Crippen LogP contribution >= 0.6 is 12.4 Å². The zero-order valence-corrected chi connectivity index (χ0v) is 13.8. The standard InChI is InChI=1S/C15H24N4O2.ClH/c1-19-14(20)9-8-13(18-19)15(21)17-11-10-16-12-6-4-2-3-5-7-12;/h8-9,12,16H,2-7,10-11H2,1H3,(H,17,21);1H. The molecule has 0 radical (unpaired) electrons. The molecule has 124 valence electrons. The van der Waals surface area contributed by atoms with Crippen molar-refractivity contribution in [3.63, 3.8) is 0 Å². The molecule has 1 amide bonds. The lowest BCUT2D eigenvalue weighted by molar-refractivity contribution is 0.0946. The van der Waals surface area contributed by atoms with Crippen LogP contribution in [0, 0.1) is 0 Å². The molecule has 1 aromatic heterocycles. The quantitative estimate of drug-likeness (QED) is 0.630. The number of hydrogen-bond donors (Lipinski definition) is 2. The van der Waals surface area contributed by atoms with Crippen LogP contribution in [-0.4, -0.2) is 34.8 Å². The van der Waals surface area contributed by atoms with Crippen LogP contribution < -0.4 is 16.2 Å². The Bertz CT molecular complexity index is 525. The third-order valence-electron chi connectivity index (χ3n) is 3.89. The largest absolute Gasteiger partial charge is 0.349 e. The summed E-state index contributed by atoms with van der Waals surface area (Å²) in [5.74, 6) is -0.242. The summed E-state index contributed by atoms with van der Waals surface area (Å²) >= 11 is 0. The topological polar surface area (TPSA) is 76.0 Å². The molecule has 1 aliphatic rings. The van der Waals surface area contributed by atoms with Crippen LogP contribution in [0.4, 0.5) is 0 Å². The number of nitrogens with zero attached hydrogens (tertiary/aromatic N) is 2. The zero-order chi connectivity index (χ0) is 15.1. The molecule has 1 aromatic rings. The fraction of sp³-hybridized carbons (Fsp3) is 0.667. The van der Waals surface area contributed by atoms with E-state index in [1.54, 1.807) is 0 Å². The average Bonchev–Trinajstić information content (AvgIpc) is 2.75. The Balaban J connectivity index is 0.00000242. The number of rotatable bonds is 5. The van der Waals surface area contributed by atoms with Crippen LogP contribution in [-0.2, 0) is 7.05 Å². The van der Waals surface area contributed by atoms with Crippen molar-refractivity contribution < 1.29 is 4.79 Å². The van der Waals surface area contributed by atoms with Crippen LogP contribution in [0.1, 0.15) is 49.0 Å². The molecule has 0 spiro atoms. The fourth-order valence-corrected chi connectivity index (χ4v) is 2.65. The lowest BCUT2D eigenvalue weighted by atomic mass is 10.1. The molecule has 0 bridgehead atoms. The van der Waals surface area contributed by atoms with Crippen molar-refractivity contribution in [2.45, 2.75) is 44.6 Å². The van der Waals surface area contributed by atoms with Crippen molar-refractivity contribution >= 4 is 18.3 Å². The first-order chi connectivity index (χ1) is 10.2. The van der Waals surface area contributed by atoms with Crippen LogP contribution in [0.2, 0.25) is 0 Å². The second-order valence-corrected chi connectivity index (χ2v) is 5.58. The summed E-state index contributed by atoms with van der Waals surface area (Å²) in [6, 6.07) is 3.39. The minimum atomic E-state index is -0.242. The molecule has 2 N–H and O–H groups in total. The predicted octanol–water partition coefficient (Wildman–Crippen LogP) is 1.24. The molecular weight excluding hydrogens is 304 g/mol. The van der Waals surface area contributed by atoms with Gasteiger partial charge in [0.25, 0.3) is 11.5 Å². The molecule has 1 aliphatic carbocycles. The van der Waals surface area contributed by atoms with Gasteiger partial charge in [0.1, 0.15) is 5.69 Å². The average molecular weight is 329 g/mol. The van der Waals surface area contributed by atoms with E-state index in [0.29, 0.717) is 12.6 Å². The van der Waals surface area contributed by atoms with Gasteiger partial charge in [-0.3, -0.25) is 9.59 Å². The Morgan fingerprint density at radius 3 is 2.55 bits per heavy atom. The first-order valence-electron chi connectivity index (χ1n) is 7.73. The van der Waals surface area contributed by atoms with E-state index < -0.39 is 0 Å². The lowest BCUT2D eigenvalue weighted by Gasteiger charge is -2.16. The van der Waals surface area contributed by atoms with Gasteiger partial charge in [-0.15, -0.1) is 12.4 Å². The van der Waals surface area contributed by atoms with E-state index >= 15 is 0 Å². The number of aromatic nitrogens is 2. The van der Waals surface area contributed by atoms with Crippen molar-refractivity contribution in [1.82, 2.24) is 20.4 Å². The Morgan fingerprint density at radius 2 is 1.91 bits per heavy atom. The fourth-order valence-electron chi connectivity index (χ4n) is 2.65. The van der Waals surface area contributed by atoms with Crippen LogP contribution in [0.25, 0.3) is 0 Å². The van der Waals surface area contributed by atoms with E-state index in [1.807, 2.05) is 0 Å². The molecule has 1 fully saturated rings. The molecular formula is C15H25ClN4O2. The second-order valence-electron chi connectivity index (χ2n) is 5.58. The van der Waals surface area contributed by atoms with E-state index in [9.17, 15) is 9.59 Å². The van der Waals surface area contributed by atoms with Gasteiger partial charge in [-0.1, -0.05) is 25.7 Å². The van der Waals surface area contributed by atoms with Gasteiger partial charge in [-0.2, -0.15) is 5.10 Å². The Kier molecular flexibility index (Phi) is 8.12. The third-order valence-corrected chi connectivity index (χ3v) is 3.89. The maximum atomic E-state index is 11.9.